The largest absolute Gasteiger partial charge is 0.365 e. The third-order valence-electron chi connectivity index (χ3n) is 2.68. The number of hydrogen-bond donors (Lipinski definition) is 1. The summed E-state index contributed by atoms with van der Waals surface area (Å²) in [5, 5.41) is 3.11. The molecular weight excluding hydrogens is 283 g/mol. The van der Waals surface area contributed by atoms with Crippen molar-refractivity contribution in [2.75, 3.05) is 5.32 Å². The van der Waals surface area contributed by atoms with Gasteiger partial charge in [0.25, 0.3) is 0 Å². The van der Waals surface area contributed by atoms with Crippen molar-refractivity contribution in [3.8, 4) is 0 Å². The first-order valence-electron chi connectivity index (χ1n) is 6.21. The fourth-order valence-corrected chi connectivity index (χ4v) is 2.01. The second-order valence-corrected chi connectivity index (χ2v) is 5.29. The van der Waals surface area contributed by atoms with Gasteiger partial charge in [0, 0.05) is 16.7 Å². The van der Waals surface area contributed by atoms with Crippen molar-refractivity contribution in [1.29, 1.82) is 0 Å². The van der Waals surface area contributed by atoms with Crippen molar-refractivity contribution in [3.63, 3.8) is 0 Å². The van der Waals surface area contributed by atoms with E-state index in [1.165, 1.54) is 31.7 Å². The van der Waals surface area contributed by atoms with Gasteiger partial charge in [-0.15, -0.1) is 0 Å². The summed E-state index contributed by atoms with van der Waals surface area (Å²) in [6.07, 6.45) is 7.60. The van der Waals surface area contributed by atoms with Gasteiger partial charge in [0.1, 0.15) is 0 Å². The highest BCUT2D eigenvalue weighted by atomic mass is 79.9. The maximum atomic E-state index is 13.5. The van der Waals surface area contributed by atoms with Crippen LogP contribution in [0.3, 0.4) is 0 Å². The minimum Gasteiger partial charge on any atom is -0.365 e. The van der Waals surface area contributed by atoms with Gasteiger partial charge >= 0.3 is 0 Å². The van der Waals surface area contributed by atoms with Gasteiger partial charge in [0.15, 0.2) is 11.6 Å². The number of unbranched alkanes of at least 4 members (excludes halogenated alkanes) is 3. The molecule has 96 valence electrons. The predicted molar refractivity (Wildman–Crippen MR) is 73.7 cm³/mol. The molecule has 0 radical (unpaired) electrons. The summed E-state index contributed by atoms with van der Waals surface area (Å²) in [4.78, 5) is 4.03. The maximum absolute atomic E-state index is 13.5. The minimum absolute atomic E-state index is 0.259. The predicted octanol–water partition coefficient (Wildman–Crippen LogP) is 4.75. The second-order valence-electron chi connectivity index (χ2n) is 4.38. The molecule has 1 heterocycles. The summed E-state index contributed by atoms with van der Waals surface area (Å²) in [5.41, 5.74) is 0. The third-order valence-corrected chi connectivity index (χ3v) is 3.12. The Labute approximate surface area is 111 Å². The van der Waals surface area contributed by atoms with Gasteiger partial charge < -0.3 is 5.32 Å². The molecule has 0 aliphatic rings. The first kappa shape index (κ1) is 14.4. The van der Waals surface area contributed by atoms with E-state index in [2.05, 4.69) is 40.1 Å². The molecule has 0 saturated carbocycles. The molecule has 0 aliphatic heterocycles. The van der Waals surface area contributed by atoms with Crippen LogP contribution >= 0.6 is 15.9 Å². The van der Waals surface area contributed by atoms with Gasteiger partial charge in [-0.05, 0) is 35.3 Å². The number of aromatic nitrogens is 1. The standard InChI is InChI=1S/C13H20BrFN2/c1-3-4-5-6-7-10(2)17-13-12(15)8-11(14)9-16-13/h8-10H,3-7H2,1-2H3,(H,16,17). The Hall–Kier alpha value is -0.640. The maximum Gasteiger partial charge on any atom is 0.166 e. The minimum atomic E-state index is -0.306. The molecule has 1 atom stereocenters. The Balaban J connectivity index is 2.37. The first-order valence-corrected chi connectivity index (χ1v) is 7.00. The number of nitrogens with one attached hydrogen (secondary N) is 1. The quantitative estimate of drug-likeness (QED) is 0.735. The van der Waals surface area contributed by atoms with Gasteiger partial charge in [0.2, 0.25) is 0 Å². The van der Waals surface area contributed by atoms with Gasteiger partial charge in [-0.25, -0.2) is 9.37 Å². The molecule has 0 aromatic carbocycles. The zero-order valence-electron chi connectivity index (χ0n) is 10.5. The van der Waals surface area contributed by atoms with Gasteiger partial charge in [0.05, 0.1) is 0 Å². The monoisotopic (exact) mass is 302 g/mol. The molecule has 2 nitrogen and oxygen atoms in total. The van der Waals surface area contributed by atoms with E-state index in [0.29, 0.717) is 10.3 Å². The number of anilines is 1. The molecule has 0 spiro atoms. The Bertz CT molecular complexity index is 344. The van der Waals surface area contributed by atoms with Crippen molar-refractivity contribution in [3.05, 3.63) is 22.6 Å². The average molecular weight is 303 g/mol. The van der Waals surface area contributed by atoms with Crippen molar-refractivity contribution in [1.82, 2.24) is 4.98 Å². The molecule has 0 fully saturated rings. The van der Waals surface area contributed by atoms with Crippen LogP contribution in [0.15, 0.2) is 16.7 Å². The Morgan fingerprint density at radius 2 is 2.18 bits per heavy atom. The number of halogens is 2. The second kappa shape index (κ2) is 7.64. The number of hydrogen-bond acceptors (Lipinski definition) is 2. The van der Waals surface area contributed by atoms with E-state index in [0.717, 1.165) is 6.42 Å². The van der Waals surface area contributed by atoms with Crippen LogP contribution in [0.5, 0.6) is 0 Å². The fraction of sp³-hybridized carbons (Fsp3) is 0.615. The van der Waals surface area contributed by atoms with E-state index in [-0.39, 0.29) is 11.9 Å². The molecule has 17 heavy (non-hydrogen) atoms. The van der Waals surface area contributed by atoms with Gasteiger partial charge in [-0.3, -0.25) is 0 Å². The van der Waals surface area contributed by atoms with Crippen LogP contribution in [0.4, 0.5) is 10.2 Å². The van der Waals surface area contributed by atoms with Gasteiger partial charge in [-0.1, -0.05) is 32.6 Å². The molecular formula is C13H20BrFN2. The zero-order valence-corrected chi connectivity index (χ0v) is 12.1. The van der Waals surface area contributed by atoms with Crippen molar-refractivity contribution in [2.45, 2.75) is 52.0 Å². The van der Waals surface area contributed by atoms with E-state index in [1.54, 1.807) is 6.20 Å². The highest BCUT2D eigenvalue weighted by Gasteiger charge is 2.07. The lowest BCUT2D eigenvalue weighted by Crippen LogP contribution is -2.16. The summed E-state index contributed by atoms with van der Waals surface area (Å²) >= 11 is 3.19. The zero-order chi connectivity index (χ0) is 12.7. The number of pyridine rings is 1. The van der Waals surface area contributed by atoms with Gasteiger partial charge in [-0.2, -0.15) is 0 Å². The molecule has 1 aromatic rings. The normalized spacial score (nSPS) is 12.5. The van der Waals surface area contributed by atoms with Crippen LogP contribution < -0.4 is 5.32 Å². The average Bonchev–Trinajstić information content (AvgIpc) is 2.28. The van der Waals surface area contributed by atoms with Crippen LogP contribution in [0, 0.1) is 5.82 Å². The molecule has 0 amide bonds. The third kappa shape index (κ3) is 5.48. The SMILES string of the molecule is CCCCCCC(C)Nc1ncc(Br)cc1F. The van der Waals surface area contributed by atoms with E-state index in [1.807, 2.05) is 0 Å². The summed E-state index contributed by atoms with van der Waals surface area (Å²) in [6, 6.07) is 1.69. The van der Waals surface area contributed by atoms with E-state index >= 15 is 0 Å². The highest BCUT2D eigenvalue weighted by Crippen LogP contribution is 2.18. The first-order chi connectivity index (χ1) is 8.13. The van der Waals surface area contributed by atoms with Crippen LogP contribution in [-0.4, -0.2) is 11.0 Å². The smallest absolute Gasteiger partial charge is 0.166 e. The lowest BCUT2D eigenvalue weighted by Gasteiger charge is -2.14. The Kier molecular flexibility index (Phi) is 6.48. The molecule has 0 bridgehead atoms. The van der Waals surface area contributed by atoms with Crippen molar-refractivity contribution >= 4 is 21.7 Å². The lowest BCUT2D eigenvalue weighted by atomic mass is 10.1. The summed E-state index contributed by atoms with van der Waals surface area (Å²) in [5.74, 6) is 0.0379. The van der Waals surface area contributed by atoms with Crippen molar-refractivity contribution in [2.24, 2.45) is 0 Å². The Morgan fingerprint density at radius 1 is 1.41 bits per heavy atom. The van der Waals surface area contributed by atoms with Crippen LogP contribution in [0.1, 0.15) is 46.0 Å². The van der Waals surface area contributed by atoms with Crippen LogP contribution in [0.2, 0.25) is 0 Å². The summed E-state index contributed by atoms with van der Waals surface area (Å²) in [7, 11) is 0. The summed E-state index contributed by atoms with van der Waals surface area (Å²) < 4.78 is 14.2. The fourth-order valence-electron chi connectivity index (χ4n) is 1.70. The van der Waals surface area contributed by atoms with Crippen LogP contribution in [0.25, 0.3) is 0 Å². The lowest BCUT2D eigenvalue weighted by molar-refractivity contribution is 0.582. The Morgan fingerprint density at radius 3 is 2.82 bits per heavy atom. The topological polar surface area (TPSA) is 24.9 Å². The van der Waals surface area contributed by atoms with E-state index in [4.69, 9.17) is 0 Å². The van der Waals surface area contributed by atoms with Crippen molar-refractivity contribution < 1.29 is 4.39 Å². The number of rotatable bonds is 7. The highest BCUT2D eigenvalue weighted by molar-refractivity contribution is 9.10. The molecule has 0 aliphatic carbocycles. The molecule has 0 saturated heterocycles. The van der Waals surface area contributed by atoms with E-state index in [9.17, 15) is 4.39 Å². The summed E-state index contributed by atoms with van der Waals surface area (Å²) in [6.45, 7) is 4.26. The molecule has 1 aromatic heterocycles. The molecule has 1 unspecified atom stereocenters. The molecule has 4 heteroatoms. The number of nitrogens with zero attached hydrogens (tertiary/aromatic N) is 1. The van der Waals surface area contributed by atoms with E-state index < -0.39 is 0 Å². The molecule has 1 rings (SSSR count). The molecule has 1 N–H and O–H groups in total. The van der Waals surface area contributed by atoms with Crippen LogP contribution in [-0.2, 0) is 0 Å².